The van der Waals surface area contributed by atoms with Crippen LogP contribution in [-0.2, 0) is 33.1 Å². The maximum absolute atomic E-state index is 14.0. The molecule has 2 N–H and O–H groups in total. The van der Waals surface area contributed by atoms with Gasteiger partial charge in [0.2, 0.25) is 10.0 Å². The van der Waals surface area contributed by atoms with E-state index in [1.807, 2.05) is 0 Å². The Morgan fingerprint density at radius 1 is 1.20 bits per heavy atom. The van der Waals surface area contributed by atoms with Gasteiger partial charge in [-0.05, 0) is 29.8 Å². The molecule has 0 aliphatic heterocycles. The molecule has 2 heterocycles. The molecule has 14 heteroatoms. The fourth-order valence-corrected chi connectivity index (χ4v) is 4.84. The van der Waals surface area contributed by atoms with E-state index in [-0.39, 0.29) is 35.6 Å². The Balaban J connectivity index is 1.58. The Hall–Kier alpha value is -3.75. The maximum atomic E-state index is 14.0. The molecule has 11 nitrogen and oxygen atoms in total. The van der Waals surface area contributed by atoms with Crippen LogP contribution in [0.25, 0.3) is 11.0 Å². The molecule has 4 aromatic rings. The second-order valence-corrected chi connectivity index (χ2v) is 10.7. The summed E-state index contributed by atoms with van der Waals surface area (Å²) in [7, 11) is -6.44. The highest BCUT2D eigenvalue weighted by Gasteiger charge is 2.24. The summed E-state index contributed by atoms with van der Waals surface area (Å²) in [6.07, 6.45) is 3.18. The first-order valence-electron chi connectivity index (χ1n) is 9.99. The van der Waals surface area contributed by atoms with Gasteiger partial charge in [0.15, 0.2) is 11.4 Å². The quantitative estimate of drug-likeness (QED) is 0.324. The van der Waals surface area contributed by atoms with Crippen LogP contribution in [0.5, 0.6) is 5.75 Å². The summed E-state index contributed by atoms with van der Waals surface area (Å²) in [5, 5.41) is 9.08. The molecule has 2 aromatic heterocycles. The van der Waals surface area contributed by atoms with Crippen molar-refractivity contribution in [2.24, 2.45) is 0 Å². The van der Waals surface area contributed by atoms with Crippen LogP contribution in [-0.4, -0.2) is 38.9 Å². The summed E-state index contributed by atoms with van der Waals surface area (Å²) in [6, 6.07) is 8.25. The Morgan fingerprint density at radius 2 is 1.97 bits per heavy atom. The molecule has 0 aliphatic rings. The second kappa shape index (κ2) is 9.48. The van der Waals surface area contributed by atoms with Crippen LogP contribution in [0.3, 0.4) is 0 Å². The zero-order valence-electron chi connectivity index (χ0n) is 18.3. The zero-order chi connectivity index (χ0) is 25.2. The van der Waals surface area contributed by atoms with E-state index in [4.69, 9.17) is 9.26 Å². The highest BCUT2D eigenvalue weighted by molar-refractivity contribution is 7.92. The van der Waals surface area contributed by atoms with E-state index in [1.54, 1.807) is 23.0 Å². The molecule has 0 saturated carbocycles. The Labute approximate surface area is 200 Å². The number of fused-ring (bicyclic) bond motifs is 1. The van der Waals surface area contributed by atoms with E-state index >= 15 is 0 Å². The van der Waals surface area contributed by atoms with Crippen LogP contribution in [0, 0.1) is 5.82 Å². The number of methoxy groups -OCH3 is 1. The van der Waals surface area contributed by atoms with Gasteiger partial charge in [-0.15, -0.1) is 0 Å². The van der Waals surface area contributed by atoms with Crippen molar-refractivity contribution >= 4 is 36.8 Å². The zero-order valence-corrected chi connectivity index (χ0v) is 19.9. The summed E-state index contributed by atoms with van der Waals surface area (Å²) < 4.78 is 79.3. The van der Waals surface area contributed by atoms with E-state index in [2.05, 4.69) is 26.3 Å². The standard InChI is InChI=1S/C21H20FN5O6S2/c1-3-34(28,29)24-11-15-10-23-27(13-15)12-14-8-17(32-2)20-18(9-14)33-25-21(20)26-35(30,31)19-7-5-4-6-16(19)22/h3-10,13,24H,1,11-12H2,2H3,(H,25,26). The highest BCUT2D eigenvalue weighted by atomic mass is 32.2. The number of ether oxygens (including phenoxy) is 1. The lowest BCUT2D eigenvalue weighted by Crippen LogP contribution is -2.19. The SMILES string of the molecule is C=CS(=O)(=O)NCc1cnn(Cc2cc(OC)c3c(NS(=O)(=O)c4ccccc4F)noc3c2)c1. The normalized spacial score (nSPS) is 12.1. The van der Waals surface area contributed by atoms with Gasteiger partial charge in [-0.1, -0.05) is 23.9 Å². The monoisotopic (exact) mass is 521 g/mol. The second-order valence-electron chi connectivity index (χ2n) is 7.32. The predicted octanol–water partition coefficient (Wildman–Crippen LogP) is 2.58. The third-order valence-electron chi connectivity index (χ3n) is 4.90. The maximum Gasteiger partial charge on any atom is 0.266 e. The molecule has 0 bridgehead atoms. The number of nitrogens with zero attached hydrogens (tertiary/aromatic N) is 3. The average molecular weight is 522 g/mol. The Morgan fingerprint density at radius 3 is 2.69 bits per heavy atom. The number of nitrogens with one attached hydrogen (secondary N) is 2. The smallest absolute Gasteiger partial charge is 0.266 e. The van der Waals surface area contributed by atoms with E-state index in [0.717, 1.165) is 17.5 Å². The summed E-state index contributed by atoms with van der Waals surface area (Å²) in [6.45, 7) is 3.56. The molecule has 0 saturated heterocycles. The van der Waals surface area contributed by atoms with Crippen LogP contribution in [0.15, 0.2) is 70.2 Å². The first kappa shape index (κ1) is 24.4. The van der Waals surface area contributed by atoms with Crippen molar-refractivity contribution in [2.75, 3.05) is 11.8 Å². The molecule has 2 aromatic carbocycles. The highest BCUT2D eigenvalue weighted by Crippen LogP contribution is 2.35. The number of benzene rings is 2. The van der Waals surface area contributed by atoms with Crippen LogP contribution in [0.2, 0.25) is 0 Å². The van der Waals surface area contributed by atoms with Crippen molar-refractivity contribution in [1.29, 1.82) is 0 Å². The molecule has 0 atom stereocenters. The molecule has 0 aliphatic carbocycles. The van der Waals surface area contributed by atoms with Crippen molar-refractivity contribution in [2.45, 2.75) is 18.0 Å². The third kappa shape index (κ3) is 5.34. The van der Waals surface area contributed by atoms with Gasteiger partial charge in [0, 0.05) is 23.7 Å². The van der Waals surface area contributed by atoms with E-state index < -0.39 is 30.8 Å². The van der Waals surface area contributed by atoms with Crippen LogP contribution in [0.4, 0.5) is 10.2 Å². The Kier molecular flexibility index (Phi) is 6.60. The van der Waals surface area contributed by atoms with E-state index in [9.17, 15) is 21.2 Å². The average Bonchev–Trinajstić information content (AvgIpc) is 3.44. The van der Waals surface area contributed by atoms with Crippen LogP contribution < -0.4 is 14.2 Å². The fourth-order valence-electron chi connectivity index (χ4n) is 3.27. The number of sulfonamides is 2. The molecule has 0 radical (unpaired) electrons. The lowest BCUT2D eigenvalue weighted by Gasteiger charge is -2.09. The van der Waals surface area contributed by atoms with Crippen molar-refractivity contribution in [1.82, 2.24) is 19.7 Å². The van der Waals surface area contributed by atoms with Crippen LogP contribution in [0.1, 0.15) is 11.1 Å². The number of rotatable bonds is 10. The summed E-state index contributed by atoms with van der Waals surface area (Å²) in [5.74, 6) is -0.781. The van der Waals surface area contributed by atoms with Gasteiger partial charge in [-0.3, -0.25) is 9.40 Å². The van der Waals surface area contributed by atoms with Crippen molar-refractivity contribution in [3.8, 4) is 5.75 Å². The van der Waals surface area contributed by atoms with Gasteiger partial charge in [0.1, 0.15) is 21.8 Å². The number of halogens is 1. The lowest BCUT2D eigenvalue weighted by molar-refractivity contribution is 0.418. The van der Waals surface area contributed by atoms with Gasteiger partial charge >= 0.3 is 0 Å². The van der Waals surface area contributed by atoms with E-state index in [0.29, 0.717) is 11.1 Å². The van der Waals surface area contributed by atoms with Gasteiger partial charge in [0.25, 0.3) is 10.0 Å². The molecule has 35 heavy (non-hydrogen) atoms. The van der Waals surface area contributed by atoms with Crippen molar-refractivity contribution in [3.05, 3.63) is 77.7 Å². The van der Waals surface area contributed by atoms with Crippen LogP contribution >= 0.6 is 0 Å². The lowest BCUT2D eigenvalue weighted by atomic mass is 10.1. The van der Waals surface area contributed by atoms with Gasteiger partial charge < -0.3 is 9.26 Å². The summed E-state index contributed by atoms with van der Waals surface area (Å²) in [4.78, 5) is -0.531. The largest absolute Gasteiger partial charge is 0.496 e. The predicted molar refractivity (Wildman–Crippen MR) is 125 cm³/mol. The topological polar surface area (TPSA) is 145 Å². The molecular weight excluding hydrogens is 501 g/mol. The van der Waals surface area contributed by atoms with Crippen molar-refractivity contribution < 1.29 is 30.5 Å². The van der Waals surface area contributed by atoms with Crippen molar-refractivity contribution in [3.63, 3.8) is 0 Å². The number of hydrogen-bond acceptors (Lipinski definition) is 8. The molecule has 0 fully saturated rings. The number of hydrogen-bond donors (Lipinski definition) is 2. The first-order chi connectivity index (χ1) is 16.6. The minimum absolute atomic E-state index is 0.0460. The van der Waals surface area contributed by atoms with Gasteiger partial charge in [-0.2, -0.15) is 5.10 Å². The molecular formula is C21H20FN5O6S2. The third-order valence-corrected chi connectivity index (χ3v) is 7.26. The van der Waals surface area contributed by atoms with Gasteiger partial charge in [-0.25, -0.2) is 25.9 Å². The molecule has 184 valence electrons. The molecule has 4 rings (SSSR count). The Bertz CT molecular complexity index is 1610. The first-order valence-corrected chi connectivity index (χ1v) is 13.0. The molecule has 0 unspecified atom stereocenters. The summed E-state index contributed by atoms with van der Waals surface area (Å²) >= 11 is 0. The number of aromatic nitrogens is 3. The summed E-state index contributed by atoms with van der Waals surface area (Å²) in [5.41, 5.74) is 1.56. The minimum atomic E-state index is -4.28. The van der Waals surface area contributed by atoms with E-state index in [1.165, 1.54) is 25.4 Å². The number of anilines is 1. The molecule has 0 spiro atoms. The molecule has 0 amide bonds. The fraction of sp³-hybridized carbons (Fsp3) is 0.143. The minimum Gasteiger partial charge on any atom is -0.496 e. The van der Waals surface area contributed by atoms with Gasteiger partial charge in [0.05, 0.1) is 19.9 Å².